The quantitative estimate of drug-likeness (QED) is 0.353. The summed E-state index contributed by atoms with van der Waals surface area (Å²) in [5, 5.41) is 0. The third-order valence-electron chi connectivity index (χ3n) is 2.27. The number of hydrogen-bond acceptors (Lipinski definition) is 4. The summed E-state index contributed by atoms with van der Waals surface area (Å²) in [5.74, 6) is -1.17. The molecule has 0 fully saturated rings. The van der Waals surface area contributed by atoms with Crippen LogP contribution < -0.4 is 0 Å². The van der Waals surface area contributed by atoms with Crippen molar-refractivity contribution in [1.29, 1.82) is 0 Å². The molecule has 6 nitrogen and oxygen atoms in total. The molecule has 0 amide bonds. The average molecular weight is 260 g/mol. The molecule has 0 N–H and O–H groups in total. The molecule has 0 saturated heterocycles. The number of carbonyl (C=O) groups is 2. The number of ether oxygens (including phenoxy) is 2. The Morgan fingerprint density at radius 3 is 2.26 bits per heavy atom. The Morgan fingerprint density at radius 2 is 1.79 bits per heavy atom. The van der Waals surface area contributed by atoms with Crippen molar-refractivity contribution in [3.8, 4) is 0 Å². The summed E-state index contributed by atoms with van der Waals surface area (Å²) in [6.45, 7) is 0. The molecule has 6 heteroatoms. The fraction of sp³-hybridized carbons (Fsp3) is 0.154. The highest BCUT2D eigenvalue weighted by Crippen LogP contribution is 2.07. The molecule has 0 unspecified atom stereocenters. The van der Waals surface area contributed by atoms with Gasteiger partial charge in [-0.05, 0) is 23.8 Å². The van der Waals surface area contributed by atoms with Crippen LogP contribution in [0.1, 0.15) is 15.9 Å². The van der Waals surface area contributed by atoms with Gasteiger partial charge in [-0.3, -0.25) is 0 Å². The van der Waals surface area contributed by atoms with Gasteiger partial charge in [0.2, 0.25) is 0 Å². The van der Waals surface area contributed by atoms with Crippen molar-refractivity contribution >= 4 is 23.7 Å². The van der Waals surface area contributed by atoms with E-state index in [0.717, 1.165) is 5.56 Å². The van der Waals surface area contributed by atoms with Crippen molar-refractivity contribution in [2.45, 2.75) is 0 Å². The van der Waals surface area contributed by atoms with Crippen molar-refractivity contribution in [3.05, 3.63) is 47.0 Å². The van der Waals surface area contributed by atoms with Crippen molar-refractivity contribution < 1.29 is 23.9 Å². The Balaban J connectivity index is 2.86. The molecule has 0 radical (unpaired) electrons. The highest BCUT2D eigenvalue weighted by Gasteiger charge is 2.16. The molecule has 0 spiro atoms. The molecule has 1 aromatic carbocycles. The summed E-state index contributed by atoms with van der Waals surface area (Å²) in [5.41, 5.74) is 9.55. The first-order chi connectivity index (χ1) is 9.12. The van der Waals surface area contributed by atoms with Crippen molar-refractivity contribution in [2.75, 3.05) is 14.2 Å². The van der Waals surface area contributed by atoms with E-state index in [1.165, 1.54) is 20.3 Å². The maximum absolute atomic E-state index is 11.2. The molecule has 0 aliphatic carbocycles. The Labute approximate surface area is 109 Å². The normalized spacial score (nSPS) is 9.79. The van der Waals surface area contributed by atoms with Gasteiger partial charge in [-0.25, -0.2) is 9.59 Å². The fourth-order valence-corrected chi connectivity index (χ4v) is 1.27. The van der Waals surface area contributed by atoms with Crippen LogP contribution in [0.15, 0.2) is 30.3 Å². The van der Waals surface area contributed by atoms with Crippen LogP contribution in [-0.4, -0.2) is 36.7 Å². The lowest BCUT2D eigenvalue weighted by molar-refractivity contribution is -0.137. The summed E-state index contributed by atoms with van der Waals surface area (Å²) in [6.07, 6.45) is 2.85. The maximum Gasteiger partial charge on any atom is 0.421 e. The fourth-order valence-electron chi connectivity index (χ4n) is 1.27. The molecular formula is C13H12N2O4. The molecule has 0 saturated carbocycles. The predicted molar refractivity (Wildman–Crippen MR) is 67.5 cm³/mol. The van der Waals surface area contributed by atoms with Crippen LogP contribution in [0, 0.1) is 0 Å². The van der Waals surface area contributed by atoms with Gasteiger partial charge < -0.3 is 15.0 Å². The second-order valence-electron chi connectivity index (χ2n) is 3.42. The molecule has 98 valence electrons. The van der Waals surface area contributed by atoms with E-state index in [4.69, 9.17) is 5.53 Å². The standard InChI is InChI=1S/C13H12N2O4/c1-18-12(16)10-6-3-9(4-7-10)5-8-11(15-14)13(17)19-2/h3-8H,1-2H3/b8-5+. The summed E-state index contributed by atoms with van der Waals surface area (Å²) < 4.78 is 8.98. The molecule has 1 rings (SSSR count). The monoisotopic (exact) mass is 260 g/mol. The summed E-state index contributed by atoms with van der Waals surface area (Å²) in [4.78, 5) is 25.1. The molecule has 0 aromatic heterocycles. The largest absolute Gasteiger partial charge is 0.465 e. The first-order valence-electron chi connectivity index (χ1n) is 5.29. The molecule has 1 aromatic rings. The van der Waals surface area contributed by atoms with Gasteiger partial charge in [0.05, 0.1) is 19.8 Å². The first-order valence-corrected chi connectivity index (χ1v) is 5.29. The highest BCUT2D eigenvalue weighted by atomic mass is 16.5. The van der Waals surface area contributed by atoms with Crippen LogP contribution in [0.2, 0.25) is 0 Å². The minimum Gasteiger partial charge on any atom is -0.465 e. The van der Waals surface area contributed by atoms with Crippen molar-refractivity contribution in [2.24, 2.45) is 0 Å². The van der Waals surface area contributed by atoms with Crippen LogP contribution in [-0.2, 0) is 14.3 Å². The Morgan fingerprint density at radius 1 is 1.16 bits per heavy atom. The first kappa shape index (κ1) is 14.3. The minimum absolute atomic E-state index is 0.223. The number of benzene rings is 1. The van der Waals surface area contributed by atoms with Gasteiger partial charge in [-0.15, -0.1) is 0 Å². The molecule has 0 heterocycles. The zero-order valence-corrected chi connectivity index (χ0v) is 10.5. The van der Waals surface area contributed by atoms with E-state index >= 15 is 0 Å². The number of rotatable bonds is 4. The Kier molecular flexibility index (Phi) is 5.19. The van der Waals surface area contributed by atoms with Gasteiger partial charge >= 0.3 is 17.7 Å². The lowest BCUT2D eigenvalue weighted by Crippen LogP contribution is -2.13. The summed E-state index contributed by atoms with van der Waals surface area (Å²) in [7, 11) is 2.49. The third kappa shape index (κ3) is 3.90. The second-order valence-corrected chi connectivity index (χ2v) is 3.42. The van der Waals surface area contributed by atoms with Crippen LogP contribution in [0.4, 0.5) is 0 Å². The van der Waals surface area contributed by atoms with Crippen LogP contribution in [0.3, 0.4) is 0 Å². The van der Waals surface area contributed by atoms with E-state index < -0.39 is 11.9 Å². The average Bonchev–Trinajstić information content (AvgIpc) is 2.47. The van der Waals surface area contributed by atoms with Gasteiger partial charge in [0, 0.05) is 6.08 Å². The van der Waals surface area contributed by atoms with E-state index in [9.17, 15) is 9.59 Å². The van der Waals surface area contributed by atoms with E-state index in [1.807, 2.05) is 0 Å². The van der Waals surface area contributed by atoms with E-state index in [2.05, 4.69) is 14.3 Å². The van der Waals surface area contributed by atoms with Crippen molar-refractivity contribution in [1.82, 2.24) is 0 Å². The Hall–Kier alpha value is -2.72. The number of esters is 2. The van der Waals surface area contributed by atoms with Crippen molar-refractivity contribution in [3.63, 3.8) is 0 Å². The van der Waals surface area contributed by atoms with Gasteiger partial charge in [0.25, 0.3) is 0 Å². The molecule has 0 bridgehead atoms. The predicted octanol–water partition coefficient (Wildman–Crippen LogP) is 1.33. The lowest BCUT2D eigenvalue weighted by atomic mass is 10.1. The molecule has 19 heavy (non-hydrogen) atoms. The number of nitrogens with zero attached hydrogens (tertiary/aromatic N) is 2. The second kappa shape index (κ2) is 6.88. The number of carbonyl (C=O) groups excluding carboxylic acids is 2. The van der Waals surface area contributed by atoms with E-state index in [0.29, 0.717) is 5.56 Å². The number of methoxy groups -OCH3 is 2. The summed E-state index contributed by atoms with van der Waals surface area (Å²) in [6, 6.07) is 6.49. The zero-order chi connectivity index (χ0) is 14.3. The van der Waals surface area contributed by atoms with E-state index in [-0.39, 0.29) is 5.71 Å². The van der Waals surface area contributed by atoms with E-state index in [1.54, 1.807) is 30.3 Å². The molecule has 0 atom stereocenters. The smallest absolute Gasteiger partial charge is 0.421 e. The topological polar surface area (TPSA) is 89.0 Å². The van der Waals surface area contributed by atoms with Gasteiger partial charge in [0.15, 0.2) is 0 Å². The summed E-state index contributed by atoms with van der Waals surface area (Å²) >= 11 is 0. The number of hydrogen-bond donors (Lipinski definition) is 0. The van der Waals surface area contributed by atoms with Crippen LogP contribution in [0.5, 0.6) is 0 Å². The molecular weight excluding hydrogens is 248 g/mol. The lowest BCUT2D eigenvalue weighted by Gasteiger charge is -1.98. The third-order valence-corrected chi connectivity index (χ3v) is 2.27. The minimum atomic E-state index is -0.745. The van der Waals surface area contributed by atoms with Gasteiger partial charge in [-0.2, -0.15) is 4.79 Å². The molecule has 0 aliphatic heterocycles. The maximum atomic E-state index is 11.2. The van der Waals surface area contributed by atoms with Crippen LogP contribution >= 0.6 is 0 Å². The SMILES string of the molecule is COC(=O)C(/C=C/c1ccc(C(=O)OC)cc1)=[N+]=[N-]. The zero-order valence-electron chi connectivity index (χ0n) is 10.5. The van der Waals surface area contributed by atoms with Gasteiger partial charge in [-0.1, -0.05) is 12.1 Å². The Bertz CT molecular complexity index is 555. The van der Waals surface area contributed by atoms with Crippen LogP contribution in [0.25, 0.3) is 11.6 Å². The van der Waals surface area contributed by atoms with Gasteiger partial charge in [0.1, 0.15) is 0 Å². The molecule has 0 aliphatic rings. The highest BCUT2D eigenvalue weighted by molar-refractivity contribution is 6.39.